The Morgan fingerprint density at radius 2 is 1.90 bits per heavy atom. The Morgan fingerprint density at radius 1 is 1.25 bits per heavy atom. The zero-order chi connectivity index (χ0) is 14.7. The molecule has 1 aromatic carbocycles. The van der Waals surface area contributed by atoms with Gasteiger partial charge in [-0.2, -0.15) is 5.10 Å². The van der Waals surface area contributed by atoms with Gasteiger partial charge >= 0.3 is 6.03 Å². The maximum absolute atomic E-state index is 11.9. The lowest BCUT2D eigenvalue weighted by atomic mass is 10.1. The molecule has 0 bridgehead atoms. The normalized spacial score (nSPS) is 12.0. The molecule has 2 rings (SSSR count). The lowest BCUT2D eigenvalue weighted by molar-refractivity contribution is 0.199. The lowest BCUT2D eigenvalue weighted by Crippen LogP contribution is -2.20. The van der Waals surface area contributed by atoms with Crippen molar-refractivity contribution in [3.63, 3.8) is 0 Å². The fraction of sp³-hybridized carbons (Fsp3) is 0.286. The summed E-state index contributed by atoms with van der Waals surface area (Å²) in [5, 5.41) is 21.7. The Balaban J connectivity index is 2.01. The first-order chi connectivity index (χ1) is 9.47. The van der Waals surface area contributed by atoms with Gasteiger partial charge in [0.2, 0.25) is 0 Å². The van der Waals surface area contributed by atoms with E-state index in [1.54, 1.807) is 31.2 Å². The first-order valence-electron chi connectivity index (χ1n) is 6.35. The fourth-order valence-electron chi connectivity index (χ4n) is 1.86. The highest BCUT2D eigenvalue weighted by Gasteiger charge is 2.10. The molecule has 6 nitrogen and oxygen atoms in total. The molecule has 1 heterocycles. The van der Waals surface area contributed by atoms with E-state index in [-0.39, 0.29) is 6.03 Å². The molecule has 2 amide bonds. The van der Waals surface area contributed by atoms with Crippen molar-refractivity contribution in [2.75, 3.05) is 10.6 Å². The molecule has 0 aliphatic carbocycles. The number of aromatic amines is 1. The highest BCUT2D eigenvalue weighted by atomic mass is 16.3. The van der Waals surface area contributed by atoms with Crippen LogP contribution in [-0.4, -0.2) is 21.3 Å². The number of H-pyrrole nitrogens is 1. The van der Waals surface area contributed by atoms with Crippen molar-refractivity contribution in [2.24, 2.45) is 0 Å². The number of hydrogen-bond donors (Lipinski definition) is 4. The first-order valence-corrected chi connectivity index (χ1v) is 6.35. The Kier molecular flexibility index (Phi) is 4.05. The molecule has 0 saturated carbocycles. The predicted octanol–water partition coefficient (Wildman–Crippen LogP) is 2.72. The van der Waals surface area contributed by atoms with Gasteiger partial charge in [-0.3, -0.25) is 5.10 Å². The van der Waals surface area contributed by atoms with E-state index in [1.165, 1.54) is 0 Å². The van der Waals surface area contributed by atoms with Crippen molar-refractivity contribution in [1.82, 2.24) is 10.2 Å². The number of amides is 2. The lowest BCUT2D eigenvalue weighted by Gasteiger charge is -2.09. The summed E-state index contributed by atoms with van der Waals surface area (Å²) in [7, 11) is 0. The molecule has 0 fully saturated rings. The van der Waals surface area contributed by atoms with Crippen LogP contribution in [0.1, 0.15) is 30.0 Å². The molecule has 1 unspecified atom stereocenters. The van der Waals surface area contributed by atoms with Gasteiger partial charge in [-0.15, -0.1) is 0 Å². The minimum atomic E-state index is -0.519. The number of carbonyl (C=O) groups excluding carboxylic acids is 1. The number of hydrogen-bond acceptors (Lipinski definition) is 3. The Morgan fingerprint density at radius 3 is 2.40 bits per heavy atom. The quantitative estimate of drug-likeness (QED) is 0.693. The first kappa shape index (κ1) is 14.1. The molecule has 0 aliphatic heterocycles. The Hall–Kier alpha value is -2.34. The number of aliphatic hydroxyl groups excluding tert-OH is 1. The SMILES string of the molecule is Cc1n[nH]c(C)c1NC(=O)Nc1ccc(C(C)O)cc1. The number of nitrogens with one attached hydrogen (secondary N) is 3. The summed E-state index contributed by atoms with van der Waals surface area (Å²) in [4.78, 5) is 11.9. The maximum atomic E-state index is 11.9. The molecular weight excluding hydrogens is 256 g/mol. The van der Waals surface area contributed by atoms with Crippen LogP contribution in [0.4, 0.5) is 16.2 Å². The van der Waals surface area contributed by atoms with E-state index in [0.29, 0.717) is 11.4 Å². The molecule has 4 N–H and O–H groups in total. The molecule has 0 aliphatic rings. The molecule has 20 heavy (non-hydrogen) atoms. The van der Waals surface area contributed by atoms with Gasteiger partial charge in [0.05, 0.1) is 23.2 Å². The predicted molar refractivity (Wildman–Crippen MR) is 77.8 cm³/mol. The molecule has 2 aromatic rings. The van der Waals surface area contributed by atoms with Crippen molar-refractivity contribution in [3.8, 4) is 0 Å². The number of anilines is 2. The van der Waals surface area contributed by atoms with Gasteiger partial charge in [0.1, 0.15) is 0 Å². The standard InChI is InChI=1S/C14H18N4O2/c1-8-13(9(2)18-17-8)16-14(20)15-12-6-4-11(5-7-12)10(3)19/h4-7,10,19H,1-3H3,(H,17,18)(H2,15,16,20). The van der Waals surface area contributed by atoms with Gasteiger partial charge in [-0.1, -0.05) is 12.1 Å². The van der Waals surface area contributed by atoms with Crippen molar-refractivity contribution < 1.29 is 9.90 Å². The highest BCUT2D eigenvalue weighted by Crippen LogP contribution is 2.18. The van der Waals surface area contributed by atoms with E-state index in [4.69, 9.17) is 0 Å². The van der Waals surface area contributed by atoms with Crippen LogP contribution in [0.5, 0.6) is 0 Å². The Bertz CT molecular complexity index is 583. The molecule has 0 saturated heterocycles. The summed E-state index contributed by atoms with van der Waals surface area (Å²) in [6, 6.07) is 6.71. The summed E-state index contributed by atoms with van der Waals surface area (Å²) in [5.41, 5.74) is 3.69. The van der Waals surface area contributed by atoms with Gasteiger partial charge in [0, 0.05) is 5.69 Å². The number of benzene rings is 1. The second kappa shape index (κ2) is 5.75. The van der Waals surface area contributed by atoms with Crippen LogP contribution < -0.4 is 10.6 Å². The van der Waals surface area contributed by atoms with Crippen LogP contribution >= 0.6 is 0 Å². The minimum Gasteiger partial charge on any atom is -0.389 e. The number of aromatic nitrogens is 2. The third kappa shape index (κ3) is 3.16. The molecule has 106 valence electrons. The molecule has 6 heteroatoms. The van der Waals surface area contributed by atoms with Gasteiger partial charge in [0.25, 0.3) is 0 Å². The minimum absolute atomic E-state index is 0.331. The summed E-state index contributed by atoms with van der Waals surface area (Å²) in [5.74, 6) is 0. The number of aliphatic hydroxyl groups is 1. The number of urea groups is 1. The van der Waals surface area contributed by atoms with Crippen LogP contribution in [0, 0.1) is 13.8 Å². The average Bonchev–Trinajstić information content (AvgIpc) is 2.71. The molecule has 0 radical (unpaired) electrons. The second-order valence-corrected chi connectivity index (χ2v) is 4.69. The van der Waals surface area contributed by atoms with Gasteiger partial charge in [-0.25, -0.2) is 4.79 Å². The average molecular weight is 274 g/mol. The van der Waals surface area contributed by atoms with Crippen LogP contribution in [0.15, 0.2) is 24.3 Å². The van der Waals surface area contributed by atoms with Gasteiger partial charge in [-0.05, 0) is 38.5 Å². The van der Waals surface area contributed by atoms with Gasteiger partial charge in [0.15, 0.2) is 0 Å². The zero-order valence-electron chi connectivity index (χ0n) is 11.7. The van der Waals surface area contributed by atoms with Crippen LogP contribution in [-0.2, 0) is 0 Å². The van der Waals surface area contributed by atoms with E-state index < -0.39 is 6.10 Å². The van der Waals surface area contributed by atoms with Crippen molar-refractivity contribution in [1.29, 1.82) is 0 Å². The van der Waals surface area contributed by atoms with Crippen LogP contribution in [0.3, 0.4) is 0 Å². The van der Waals surface area contributed by atoms with Gasteiger partial charge < -0.3 is 15.7 Å². The van der Waals surface area contributed by atoms with E-state index in [2.05, 4.69) is 20.8 Å². The molecule has 1 atom stereocenters. The van der Waals surface area contributed by atoms with Crippen LogP contribution in [0.25, 0.3) is 0 Å². The third-order valence-corrected chi connectivity index (χ3v) is 3.02. The van der Waals surface area contributed by atoms with E-state index in [1.807, 2.05) is 13.8 Å². The largest absolute Gasteiger partial charge is 0.389 e. The van der Waals surface area contributed by atoms with E-state index >= 15 is 0 Å². The topological polar surface area (TPSA) is 90.0 Å². The Labute approximate surface area is 117 Å². The maximum Gasteiger partial charge on any atom is 0.323 e. The summed E-state index contributed by atoms with van der Waals surface area (Å²) < 4.78 is 0. The highest BCUT2D eigenvalue weighted by molar-refractivity contribution is 6.00. The summed E-state index contributed by atoms with van der Waals surface area (Å²) in [6.07, 6.45) is -0.519. The zero-order valence-corrected chi connectivity index (χ0v) is 11.7. The van der Waals surface area contributed by atoms with Crippen molar-refractivity contribution >= 4 is 17.4 Å². The smallest absolute Gasteiger partial charge is 0.323 e. The van der Waals surface area contributed by atoms with Crippen molar-refractivity contribution in [3.05, 3.63) is 41.2 Å². The second-order valence-electron chi connectivity index (χ2n) is 4.69. The number of carbonyl (C=O) groups is 1. The number of rotatable bonds is 3. The molecule has 1 aromatic heterocycles. The molecule has 0 spiro atoms. The molecular formula is C14H18N4O2. The van der Waals surface area contributed by atoms with Crippen LogP contribution in [0.2, 0.25) is 0 Å². The monoisotopic (exact) mass is 274 g/mol. The van der Waals surface area contributed by atoms with E-state index in [9.17, 15) is 9.90 Å². The fourth-order valence-corrected chi connectivity index (χ4v) is 1.86. The summed E-state index contributed by atoms with van der Waals surface area (Å²) in [6.45, 7) is 5.35. The van der Waals surface area contributed by atoms with E-state index in [0.717, 1.165) is 17.0 Å². The summed E-state index contributed by atoms with van der Waals surface area (Å²) >= 11 is 0. The number of nitrogens with zero attached hydrogens (tertiary/aromatic N) is 1. The number of aryl methyl sites for hydroxylation is 2. The third-order valence-electron chi connectivity index (χ3n) is 3.02. The van der Waals surface area contributed by atoms with Crippen molar-refractivity contribution in [2.45, 2.75) is 26.9 Å².